The van der Waals surface area contributed by atoms with E-state index in [-0.39, 0.29) is 5.41 Å². The predicted molar refractivity (Wildman–Crippen MR) is 49.7 cm³/mol. The third-order valence-electron chi connectivity index (χ3n) is 3.49. The lowest BCUT2D eigenvalue weighted by Gasteiger charge is -2.32. The minimum Gasteiger partial charge on any atom is -0.395 e. The standard InChI is InChI=1S/C11H16O/c1-9-5-7-11(8-12)6-3-2-4-10(9)11/h2-4,6,9-10,12H,5,7-8H2,1H3/t9-,10-,11+/m0/s1. The molecule has 1 nitrogen and oxygen atoms in total. The molecule has 0 amide bonds. The van der Waals surface area contributed by atoms with Gasteiger partial charge in [-0.2, -0.15) is 0 Å². The number of hydrogen-bond acceptors (Lipinski definition) is 1. The van der Waals surface area contributed by atoms with Crippen molar-refractivity contribution in [3.05, 3.63) is 24.3 Å². The number of aliphatic hydroxyl groups excluding tert-OH is 1. The average molecular weight is 164 g/mol. The summed E-state index contributed by atoms with van der Waals surface area (Å²) in [4.78, 5) is 0. The van der Waals surface area contributed by atoms with E-state index in [2.05, 4.69) is 31.2 Å². The lowest BCUT2D eigenvalue weighted by molar-refractivity contribution is 0.138. The molecule has 0 radical (unpaired) electrons. The summed E-state index contributed by atoms with van der Waals surface area (Å²) in [6, 6.07) is 0. The highest BCUT2D eigenvalue weighted by molar-refractivity contribution is 5.23. The average Bonchev–Trinajstić information content (AvgIpc) is 2.46. The summed E-state index contributed by atoms with van der Waals surface area (Å²) < 4.78 is 0. The van der Waals surface area contributed by atoms with Crippen LogP contribution in [0.2, 0.25) is 0 Å². The highest BCUT2D eigenvalue weighted by atomic mass is 16.3. The molecule has 0 bridgehead atoms. The molecular formula is C11H16O. The second kappa shape index (κ2) is 2.74. The van der Waals surface area contributed by atoms with Gasteiger partial charge in [0.05, 0.1) is 6.61 Å². The van der Waals surface area contributed by atoms with E-state index in [0.29, 0.717) is 12.5 Å². The third kappa shape index (κ3) is 0.962. The largest absolute Gasteiger partial charge is 0.395 e. The van der Waals surface area contributed by atoms with Crippen LogP contribution in [0.25, 0.3) is 0 Å². The molecule has 0 aromatic rings. The molecule has 1 heteroatoms. The number of hydrogen-bond donors (Lipinski definition) is 1. The molecule has 0 heterocycles. The monoisotopic (exact) mass is 164 g/mol. The van der Waals surface area contributed by atoms with Gasteiger partial charge in [0, 0.05) is 5.41 Å². The first-order valence-electron chi connectivity index (χ1n) is 4.75. The van der Waals surface area contributed by atoms with Crippen molar-refractivity contribution in [3.8, 4) is 0 Å². The quantitative estimate of drug-likeness (QED) is 0.629. The summed E-state index contributed by atoms with van der Waals surface area (Å²) in [5.74, 6) is 1.31. The summed E-state index contributed by atoms with van der Waals surface area (Å²) in [5.41, 5.74) is 0.0914. The topological polar surface area (TPSA) is 20.2 Å². The number of aliphatic hydroxyl groups is 1. The first kappa shape index (κ1) is 8.06. The Morgan fingerprint density at radius 2 is 2.33 bits per heavy atom. The molecule has 0 aromatic heterocycles. The molecule has 1 fully saturated rings. The van der Waals surface area contributed by atoms with Crippen molar-refractivity contribution in [1.82, 2.24) is 0 Å². The molecule has 1 N–H and O–H groups in total. The Morgan fingerprint density at radius 3 is 3.00 bits per heavy atom. The van der Waals surface area contributed by atoms with Crippen molar-refractivity contribution < 1.29 is 5.11 Å². The maximum absolute atomic E-state index is 9.38. The molecule has 12 heavy (non-hydrogen) atoms. The SMILES string of the molecule is C[C@H]1CC[C@@]2(CO)C=CC=C[C@@H]12. The van der Waals surface area contributed by atoms with E-state index in [1.807, 2.05) is 0 Å². The van der Waals surface area contributed by atoms with Crippen LogP contribution < -0.4 is 0 Å². The number of rotatable bonds is 1. The van der Waals surface area contributed by atoms with Gasteiger partial charge in [0.15, 0.2) is 0 Å². The van der Waals surface area contributed by atoms with E-state index in [4.69, 9.17) is 0 Å². The Labute approximate surface area is 73.8 Å². The maximum atomic E-state index is 9.38. The highest BCUT2D eigenvalue weighted by Crippen LogP contribution is 2.49. The van der Waals surface area contributed by atoms with E-state index in [1.165, 1.54) is 6.42 Å². The third-order valence-corrected chi connectivity index (χ3v) is 3.49. The smallest absolute Gasteiger partial charge is 0.0527 e. The summed E-state index contributed by atoms with van der Waals surface area (Å²) in [7, 11) is 0. The molecule has 0 unspecified atom stereocenters. The Balaban J connectivity index is 2.31. The molecule has 2 aliphatic rings. The van der Waals surface area contributed by atoms with Gasteiger partial charge in [-0.3, -0.25) is 0 Å². The summed E-state index contributed by atoms with van der Waals surface area (Å²) in [5, 5.41) is 9.38. The van der Waals surface area contributed by atoms with Crippen LogP contribution in [0.15, 0.2) is 24.3 Å². The summed E-state index contributed by atoms with van der Waals surface area (Å²) in [6.45, 7) is 2.59. The molecule has 3 atom stereocenters. The van der Waals surface area contributed by atoms with Gasteiger partial charge < -0.3 is 5.11 Å². The van der Waals surface area contributed by atoms with Crippen molar-refractivity contribution in [1.29, 1.82) is 0 Å². The zero-order valence-electron chi connectivity index (χ0n) is 7.53. The van der Waals surface area contributed by atoms with Crippen LogP contribution in [0.4, 0.5) is 0 Å². The Hall–Kier alpha value is -0.560. The van der Waals surface area contributed by atoms with Crippen LogP contribution in [0.5, 0.6) is 0 Å². The molecule has 1 saturated carbocycles. The molecule has 0 spiro atoms. The minimum atomic E-state index is 0.0914. The fraction of sp³-hybridized carbons (Fsp3) is 0.636. The fourth-order valence-corrected chi connectivity index (χ4v) is 2.65. The second-order valence-corrected chi connectivity index (χ2v) is 4.18. The van der Waals surface area contributed by atoms with Crippen LogP contribution in [-0.4, -0.2) is 11.7 Å². The number of allylic oxidation sites excluding steroid dienone is 3. The van der Waals surface area contributed by atoms with Crippen LogP contribution in [0, 0.1) is 17.3 Å². The lowest BCUT2D eigenvalue weighted by atomic mass is 9.74. The van der Waals surface area contributed by atoms with Gasteiger partial charge in [0.2, 0.25) is 0 Å². The highest BCUT2D eigenvalue weighted by Gasteiger charge is 2.43. The van der Waals surface area contributed by atoms with Gasteiger partial charge >= 0.3 is 0 Å². The summed E-state index contributed by atoms with van der Waals surface area (Å²) >= 11 is 0. The fourth-order valence-electron chi connectivity index (χ4n) is 2.65. The molecule has 0 saturated heterocycles. The molecular weight excluding hydrogens is 148 g/mol. The van der Waals surface area contributed by atoms with E-state index in [0.717, 1.165) is 12.3 Å². The second-order valence-electron chi connectivity index (χ2n) is 4.18. The number of fused-ring (bicyclic) bond motifs is 1. The van der Waals surface area contributed by atoms with Gasteiger partial charge in [-0.15, -0.1) is 0 Å². The predicted octanol–water partition coefficient (Wildman–Crippen LogP) is 2.14. The molecule has 66 valence electrons. The Morgan fingerprint density at radius 1 is 1.50 bits per heavy atom. The minimum absolute atomic E-state index is 0.0914. The van der Waals surface area contributed by atoms with E-state index in [1.54, 1.807) is 0 Å². The Kier molecular flexibility index (Phi) is 1.84. The zero-order chi connectivity index (χ0) is 8.60. The molecule has 0 aliphatic heterocycles. The van der Waals surface area contributed by atoms with Crippen LogP contribution in [0.1, 0.15) is 19.8 Å². The van der Waals surface area contributed by atoms with Crippen molar-refractivity contribution >= 4 is 0 Å². The molecule has 2 rings (SSSR count). The van der Waals surface area contributed by atoms with E-state index in [9.17, 15) is 5.11 Å². The van der Waals surface area contributed by atoms with Crippen molar-refractivity contribution in [2.45, 2.75) is 19.8 Å². The van der Waals surface area contributed by atoms with Crippen LogP contribution in [-0.2, 0) is 0 Å². The van der Waals surface area contributed by atoms with Crippen molar-refractivity contribution in [3.63, 3.8) is 0 Å². The van der Waals surface area contributed by atoms with E-state index < -0.39 is 0 Å². The lowest BCUT2D eigenvalue weighted by Crippen LogP contribution is -2.29. The first-order chi connectivity index (χ1) is 5.78. The van der Waals surface area contributed by atoms with Gasteiger partial charge in [-0.1, -0.05) is 31.2 Å². The molecule has 0 aromatic carbocycles. The Bertz CT molecular complexity index is 229. The first-order valence-corrected chi connectivity index (χ1v) is 4.75. The summed E-state index contributed by atoms with van der Waals surface area (Å²) in [6.07, 6.45) is 11.0. The van der Waals surface area contributed by atoms with Gasteiger partial charge in [-0.05, 0) is 24.7 Å². The zero-order valence-corrected chi connectivity index (χ0v) is 7.53. The van der Waals surface area contributed by atoms with Crippen LogP contribution in [0.3, 0.4) is 0 Å². The normalized spacial score (nSPS) is 44.8. The maximum Gasteiger partial charge on any atom is 0.0527 e. The van der Waals surface area contributed by atoms with Crippen molar-refractivity contribution in [2.24, 2.45) is 17.3 Å². The van der Waals surface area contributed by atoms with E-state index >= 15 is 0 Å². The van der Waals surface area contributed by atoms with Crippen LogP contribution >= 0.6 is 0 Å². The van der Waals surface area contributed by atoms with Gasteiger partial charge in [0.25, 0.3) is 0 Å². The van der Waals surface area contributed by atoms with Gasteiger partial charge in [-0.25, -0.2) is 0 Å². The molecule has 2 aliphatic carbocycles. The van der Waals surface area contributed by atoms with Gasteiger partial charge in [0.1, 0.15) is 0 Å². The van der Waals surface area contributed by atoms with Crippen molar-refractivity contribution in [2.75, 3.05) is 6.61 Å².